The zero-order valence-electron chi connectivity index (χ0n) is 15.4. The fraction of sp³-hybridized carbons (Fsp3) is 0.600. The van der Waals surface area contributed by atoms with Crippen molar-refractivity contribution in [3.05, 3.63) is 47.4 Å². The molecule has 0 saturated carbocycles. The van der Waals surface area contributed by atoms with Gasteiger partial charge in [-0.2, -0.15) is 4.98 Å². The van der Waals surface area contributed by atoms with E-state index >= 15 is 0 Å². The molecule has 2 aliphatic heterocycles. The third kappa shape index (κ3) is 3.16. The fourth-order valence-electron chi connectivity index (χ4n) is 4.13. The van der Waals surface area contributed by atoms with E-state index in [1.165, 1.54) is 12.1 Å². The van der Waals surface area contributed by atoms with Gasteiger partial charge in [-0.05, 0) is 63.9 Å². The average Bonchev–Trinajstić information content (AvgIpc) is 3.33. The maximum absolute atomic E-state index is 13.4. The summed E-state index contributed by atoms with van der Waals surface area (Å²) in [5.41, 5.74) is 0.548. The molecule has 2 aliphatic rings. The summed E-state index contributed by atoms with van der Waals surface area (Å²) >= 11 is 0. The molecule has 3 heterocycles. The molecule has 1 aromatic carbocycles. The number of halogens is 1. The molecule has 2 aromatic rings. The lowest BCUT2D eigenvalue weighted by atomic mass is 9.79. The van der Waals surface area contributed by atoms with Crippen LogP contribution in [0.3, 0.4) is 0 Å². The first-order chi connectivity index (χ1) is 12.6. The molecule has 5 nitrogen and oxygen atoms in total. The molecule has 0 radical (unpaired) electrons. The van der Waals surface area contributed by atoms with Crippen molar-refractivity contribution in [3.8, 4) is 0 Å². The number of hydrogen-bond donors (Lipinski definition) is 0. The number of piperidine rings is 1. The van der Waals surface area contributed by atoms with E-state index in [0.29, 0.717) is 31.0 Å². The zero-order chi connectivity index (χ0) is 18.1. The van der Waals surface area contributed by atoms with E-state index in [9.17, 15) is 4.39 Å². The van der Waals surface area contributed by atoms with Crippen LogP contribution in [0.5, 0.6) is 0 Å². The monoisotopic (exact) mass is 359 g/mol. The van der Waals surface area contributed by atoms with Crippen molar-refractivity contribution in [1.29, 1.82) is 0 Å². The summed E-state index contributed by atoms with van der Waals surface area (Å²) in [5, 5.41) is 4.33. The van der Waals surface area contributed by atoms with Crippen molar-refractivity contribution in [2.75, 3.05) is 26.3 Å². The van der Waals surface area contributed by atoms with Gasteiger partial charge in [0.25, 0.3) is 0 Å². The molecule has 0 amide bonds. The standard InChI is InChI=1S/C20H26FN3O2/c1-14(2)24-10-7-15(8-11-24)18-22-19(23-26-18)20(9-12-25-13-20)16-3-5-17(21)6-4-16/h3-6,14-15H,7-13H2,1-2H3/t20-/m1/s1. The maximum atomic E-state index is 13.4. The number of aromatic nitrogens is 2. The Balaban J connectivity index is 1.57. The Bertz CT molecular complexity index is 730. The van der Waals surface area contributed by atoms with Gasteiger partial charge >= 0.3 is 0 Å². The normalized spacial score (nSPS) is 25.2. The minimum atomic E-state index is -0.436. The lowest BCUT2D eigenvalue weighted by Crippen LogP contribution is -2.38. The molecule has 0 aliphatic carbocycles. The van der Waals surface area contributed by atoms with E-state index in [1.807, 2.05) is 0 Å². The van der Waals surface area contributed by atoms with Crippen molar-refractivity contribution in [1.82, 2.24) is 15.0 Å². The molecule has 6 heteroatoms. The maximum Gasteiger partial charge on any atom is 0.229 e. The van der Waals surface area contributed by atoms with Gasteiger partial charge in [0.15, 0.2) is 5.82 Å². The molecule has 2 fully saturated rings. The molecule has 0 bridgehead atoms. The Morgan fingerprint density at radius 2 is 1.92 bits per heavy atom. The van der Waals surface area contributed by atoms with E-state index in [4.69, 9.17) is 14.2 Å². The molecular weight excluding hydrogens is 333 g/mol. The summed E-state index contributed by atoms with van der Waals surface area (Å²) in [4.78, 5) is 7.27. The van der Waals surface area contributed by atoms with Crippen molar-refractivity contribution in [2.45, 2.75) is 50.5 Å². The SMILES string of the molecule is CC(C)N1CCC(c2nc([C@]3(c4ccc(F)cc4)CCOC3)no2)CC1. The van der Waals surface area contributed by atoms with Gasteiger partial charge in [-0.1, -0.05) is 17.3 Å². The number of hydrogen-bond acceptors (Lipinski definition) is 5. The molecule has 0 unspecified atom stereocenters. The van der Waals surface area contributed by atoms with Gasteiger partial charge in [-0.25, -0.2) is 4.39 Å². The second-order valence-electron chi connectivity index (χ2n) is 7.75. The lowest BCUT2D eigenvalue weighted by molar-refractivity contribution is 0.159. The largest absolute Gasteiger partial charge is 0.380 e. The zero-order valence-corrected chi connectivity index (χ0v) is 15.4. The first-order valence-electron chi connectivity index (χ1n) is 9.50. The number of nitrogens with zero attached hydrogens (tertiary/aromatic N) is 3. The Morgan fingerprint density at radius 1 is 1.19 bits per heavy atom. The third-order valence-electron chi connectivity index (χ3n) is 5.90. The molecule has 140 valence electrons. The van der Waals surface area contributed by atoms with Crippen molar-refractivity contribution < 1.29 is 13.7 Å². The number of ether oxygens (including phenoxy) is 1. The third-order valence-corrected chi connectivity index (χ3v) is 5.90. The summed E-state index contributed by atoms with van der Waals surface area (Å²) in [6.45, 7) is 7.74. The molecule has 0 spiro atoms. The quantitative estimate of drug-likeness (QED) is 0.836. The topological polar surface area (TPSA) is 51.4 Å². The van der Waals surface area contributed by atoms with Gasteiger partial charge < -0.3 is 14.2 Å². The lowest BCUT2D eigenvalue weighted by Gasteiger charge is -2.33. The number of rotatable bonds is 4. The Hall–Kier alpha value is -1.79. The van der Waals surface area contributed by atoms with E-state index < -0.39 is 5.41 Å². The van der Waals surface area contributed by atoms with Gasteiger partial charge in [-0.15, -0.1) is 0 Å². The number of likely N-dealkylation sites (tertiary alicyclic amines) is 1. The van der Waals surface area contributed by atoms with Crippen LogP contribution in [0.4, 0.5) is 4.39 Å². The summed E-state index contributed by atoms with van der Waals surface area (Å²) in [6, 6.07) is 7.16. The molecule has 1 aromatic heterocycles. The predicted molar refractivity (Wildman–Crippen MR) is 95.6 cm³/mol. The van der Waals surface area contributed by atoms with E-state index in [2.05, 4.69) is 23.9 Å². The summed E-state index contributed by atoms with van der Waals surface area (Å²) in [7, 11) is 0. The van der Waals surface area contributed by atoms with Crippen molar-refractivity contribution in [3.63, 3.8) is 0 Å². The Morgan fingerprint density at radius 3 is 2.54 bits per heavy atom. The second-order valence-corrected chi connectivity index (χ2v) is 7.75. The highest BCUT2D eigenvalue weighted by atomic mass is 19.1. The summed E-state index contributed by atoms with van der Waals surface area (Å²) < 4.78 is 24.7. The molecule has 26 heavy (non-hydrogen) atoms. The Labute approximate surface area is 153 Å². The average molecular weight is 359 g/mol. The smallest absolute Gasteiger partial charge is 0.229 e. The van der Waals surface area contributed by atoms with Gasteiger partial charge in [0.1, 0.15) is 5.82 Å². The van der Waals surface area contributed by atoms with Gasteiger partial charge in [0.05, 0.1) is 12.0 Å². The highest BCUT2D eigenvalue weighted by Crippen LogP contribution is 2.39. The van der Waals surface area contributed by atoms with Crippen molar-refractivity contribution >= 4 is 0 Å². The van der Waals surface area contributed by atoms with Gasteiger partial charge in [0.2, 0.25) is 5.89 Å². The predicted octanol–water partition coefficient (Wildman–Crippen LogP) is 3.50. The Kier molecular flexibility index (Phi) is 4.80. The summed E-state index contributed by atoms with van der Waals surface area (Å²) in [5.74, 6) is 1.48. The van der Waals surface area contributed by atoms with Crippen LogP contribution in [0, 0.1) is 5.82 Å². The van der Waals surface area contributed by atoms with Crippen LogP contribution in [-0.4, -0.2) is 47.4 Å². The van der Waals surface area contributed by atoms with E-state index in [-0.39, 0.29) is 5.82 Å². The minimum absolute atomic E-state index is 0.242. The van der Waals surface area contributed by atoms with Crippen molar-refractivity contribution in [2.24, 2.45) is 0 Å². The van der Waals surface area contributed by atoms with Gasteiger partial charge in [0, 0.05) is 18.6 Å². The van der Waals surface area contributed by atoms with Crippen LogP contribution in [0.1, 0.15) is 56.3 Å². The van der Waals surface area contributed by atoms with Crippen LogP contribution >= 0.6 is 0 Å². The first kappa shape index (κ1) is 17.6. The molecule has 1 atom stereocenters. The van der Waals surface area contributed by atoms with Crippen LogP contribution in [0.2, 0.25) is 0 Å². The van der Waals surface area contributed by atoms with Crippen LogP contribution in [-0.2, 0) is 10.2 Å². The molecular formula is C20H26FN3O2. The first-order valence-corrected chi connectivity index (χ1v) is 9.50. The number of benzene rings is 1. The van der Waals surface area contributed by atoms with Crippen LogP contribution in [0.25, 0.3) is 0 Å². The minimum Gasteiger partial charge on any atom is -0.380 e. The summed E-state index contributed by atoms with van der Waals surface area (Å²) in [6.07, 6.45) is 2.86. The highest BCUT2D eigenvalue weighted by Gasteiger charge is 2.43. The molecule has 0 N–H and O–H groups in total. The van der Waals surface area contributed by atoms with Crippen LogP contribution < -0.4 is 0 Å². The highest BCUT2D eigenvalue weighted by molar-refractivity contribution is 5.34. The van der Waals surface area contributed by atoms with Gasteiger partial charge in [-0.3, -0.25) is 0 Å². The van der Waals surface area contributed by atoms with Crippen LogP contribution in [0.15, 0.2) is 28.8 Å². The molecule has 2 saturated heterocycles. The fourth-order valence-corrected chi connectivity index (χ4v) is 4.13. The van der Waals surface area contributed by atoms with E-state index in [1.54, 1.807) is 12.1 Å². The van der Waals surface area contributed by atoms with E-state index in [0.717, 1.165) is 43.8 Å². The molecule has 4 rings (SSSR count). The second kappa shape index (κ2) is 7.08.